The maximum absolute atomic E-state index is 13.0. The number of benzene rings is 4. The van der Waals surface area contributed by atoms with Crippen LogP contribution in [-0.2, 0) is 20.0 Å². The Hall–Kier alpha value is -4.06. The average Bonchev–Trinajstić information content (AvgIpc) is 2.90. The average molecular weight is 600 g/mol. The van der Waals surface area contributed by atoms with Gasteiger partial charge in [0.15, 0.2) is 0 Å². The van der Waals surface area contributed by atoms with Gasteiger partial charge >= 0.3 is 0 Å². The number of amides is 1. The molecule has 208 valence electrons. The highest BCUT2D eigenvalue weighted by Crippen LogP contribution is 2.26. The van der Waals surface area contributed by atoms with Crippen molar-refractivity contribution < 1.29 is 26.4 Å². The van der Waals surface area contributed by atoms with Crippen LogP contribution in [0.4, 0.5) is 17.1 Å². The molecule has 0 fully saturated rings. The van der Waals surface area contributed by atoms with Crippen LogP contribution in [0.15, 0.2) is 101 Å². The number of ether oxygens (including phenoxy) is 1. The Kier molecular flexibility index (Phi) is 8.67. The minimum absolute atomic E-state index is 0.0125. The standard InChI is InChI=1S/C28H26ClN3O6S2/c1-3-38-24-12-8-22(9-13-24)31-39(34,35)25-14-10-21(11-15-25)30-28(33)20-7-16-26(29)27(18-20)40(36,37)32-23-6-4-5-19(2)17-23/h4-18,31-32H,3H2,1-2H3,(H,30,33). The zero-order valence-electron chi connectivity index (χ0n) is 21.5. The molecule has 0 bridgehead atoms. The summed E-state index contributed by atoms with van der Waals surface area (Å²) < 4.78 is 61.8. The van der Waals surface area contributed by atoms with E-state index in [9.17, 15) is 21.6 Å². The zero-order valence-corrected chi connectivity index (χ0v) is 23.9. The molecule has 12 heteroatoms. The summed E-state index contributed by atoms with van der Waals surface area (Å²) in [6, 6.07) is 22.7. The molecule has 0 radical (unpaired) electrons. The van der Waals surface area contributed by atoms with Gasteiger partial charge in [-0.3, -0.25) is 14.2 Å². The molecule has 1 amide bonds. The fourth-order valence-corrected chi connectivity index (χ4v) is 6.32. The first-order valence-corrected chi connectivity index (χ1v) is 15.4. The molecule has 4 aromatic carbocycles. The molecule has 4 rings (SSSR count). The lowest BCUT2D eigenvalue weighted by atomic mass is 10.2. The van der Waals surface area contributed by atoms with Crippen molar-refractivity contribution in [2.45, 2.75) is 23.6 Å². The van der Waals surface area contributed by atoms with Crippen LogP contribution in [0.5, 0.6) is 5.75 Å². The molecule has 0 atom stereocenters. The third-order valence-corrected chi connectivity index (χ3v) is 8.85. The number of halogens is 1. The lowest BCUT2D eigenvalue weighted by molar-refractivity contribution is 0.102. The van der Waals surface area contributed by atoms with E-state index in [0.29, 0.717) is 29.4 Å². The molecule has 40 heavy (non-hydrogen) atoms. The molecule has 4 aromatic rings. The van der Waals surface area contributed by atoms with Crippen LogP contribution in [0.2, 0.25) is 5.02 Å². The van der Waals surface area contributed by atoms with Crippen LogP contribution in [-0.4, -0.2) is 29.3 Å². The molecule has 0 aliphatic heterocycles. The van der Waals surface area contributed by atoms with Crippen molar-refractivity contribution >= 4 is 54.6 Å². The third kappa shape index (κ3) is 7.12. The van der Waals surface area contributed by atoms with E-state index in [1.54, 1.807) is 42.5 Å². The molecular weight excluding hydrogens is 574 g/mol. The van der Waals surface area contributed by atoms with Crippen LogP contribution in [0, 0.1) is 6.92 Å². The van der Waals surface area contributed by atoms with E-state index < -0.39 is 26.0 Å². The van der Waals surface area contributed by atoms with Crippen molar-refractivity contribution in [2.24, 2.45) is 0 Å². The lowest BCUT2D eigenvalue weighted by Gasteiger charge is -2.12. The van der Waals surface area contributed by atoms with Gasteiger partial charge in [0.2, 0.25) is 0 Å². The third-order valence-electron chi connectivity index (χ3n) is 5.59. The summed E-state index contributed by atoms with van der Waals surface area (Å²) in [4.78, 5) is 12.6. The van der Waals surface area contributed by atoms with Gasteiger partial charge in [-0.15, -0.1) is 0 Å². The summed E-state index contributed by atoms with van der Waals surface area (Å²) in [6.45, 7) is 4.18. The summed E-state index contributed by atoms with van der Waals surface area (Å²) in [5.41, 5.74) is 1.94. The van der Waals surface area contributed by atoms with Gasteiger partial charge in [-0.25, -0.2) is 16.8 Å². The van der Waals surface area contributed by atoms with Gasteiger partial charge in [0, 0.05) is 22.6 Å². The van der Waals surface area contributed by atoms with Crippen molar-refractivity contribution in [2.75, 3.05) is 21.4 Å². The normalized spacial score (nSPS) is 11.5. The Morgan fingerprint density at radius 2 is 1.43 bits per heavy atom. The maximum atomic E-state index is 13.0. The Morgan fingerprint density at radius 1 is 0.775 bits per heavy atom. The van der Waals surface area contributed by atoms with Gasteiger partial charge in [-0.05, 0) is 98.3 Å². The fourth-order valence-electron chi connectivity index (χ4n) is 3.69. The molecule has 9 nitrogen and oxygen atoms in total. The number of aryl methyl sites for hydroxylation is 1. The molecule has 0 heterocycles. The molecule has 0 aromatic heterocycles. The second-order valence-electron chi connectivity index (χ2n) is 8.66. The number of carbonyl (C=O) groups is 1. The predicted octanol–water partition coefficient (Wildman–Crippen LogP) is 5.90. The summed E-state index contributed by atoms with van der Waals surface area (Å²) in [7, 11) is -7.97. The minimum Gasteiger partial charge on any atom is -0.494 e. The van der Waals surface area contributed by atoms with Gasteiger partial charge in [0.25, 0.3) is 26.0 Å². The van der Waals surface area contributed by atoms with Crippen molar-refractivity contribution in [3.8, 4) is 5.75 Å². The molecule has 0 aliphatic carbocycles. The van der Waals surface area contributed by atoms with Gasteiger partial charge in [0.05, 0.1) is 16.5 Å². The fraction of sp³-hybridized carbons (Fsp3) is 0.107. The van der Waals surface area contributed by atoms with E-state index in [0.717, 1.165) is 5.56 Å². The lowest BCUT2D eigenvalue weighted by Crippen LogP contribution is -2.17. The largest absolute Gasteiger partial charge is 0.494 e. The molecule has 0 unspecified atom stereocenters. The summed E-state index contributed by atoms with van der Waals surface area (Å²) >= 11 is 6.16. The van der Waals surface area contributed by atoms with Crippen LogP contribution in [0.3, 0.4) is 0 Å². The van der Waals surface area contributed by atoms with Gasteiger partial charge in [-0.2, -0.15) is 0 Å². The smallest absolute Gasteiger partial charge is 0.263 e. The number of hydrogen-bond acceptors (Lipinski definition) is 6. The maximum Gasteiger partial charge on any atom is 0.263 e. The predicted molar refractivity (Wildman–Crippen MR) is 156 cm³/mol. The van der Waals surface area contributed by atoms with E-state index in [4.69, 9.17) is 16.3 Å². The SMILES string of the molecule is CCOc1ccc(NS(=O)(=O)c2ccc(NC(=O)c3ccc(Cl)c(S(=O)(=O)Nc4cccc(C)c4)c3)cc2)cc1. The summed E-state index contributed by atoms with van der Waals surface area (Å²) in [5, 5.41) is 2.58. The molecule has 0 aliphatic rings. The number of carbonyl (C=O) groups excluding carboxylic acids is 1. The summed E-state index contributed by atoms with van der Waals surface area (Å²) in [6.07, 6.45) is 0. The van der Waals surface area contributed by atoms with Crippen molar-refractivity contribution in [3.63, 3.8) is 0 Å². The second-order valence-corrected chi connectivity index (χ2v) is 12.4. The number of hydrogen-bond donors (Lipinski definition) is 3. The quantitative estimate of drug-likeness (QED) is 0.208. The van der Waals surface area contributed by atoms with Crippen molar-refractivity contribution in [1.82, 2.24) is 0 Å². The zero-order chi connectivity index (χ0) is 28.9. The van der Waals surface area contributed by atoms with E-state index in [2.05, 4.69) is 14.8 Å². The van der Waals surface area contributed by atoms with Crippen LogP contribution >= 0.6 is 11.6 Å². The Balaban J connectivity index is 1.47. The Morgan fingerprint density at radius 3 is 2.08 bits per heavy atom. The van der Waals surface area contributed by atoms with E-state index in [1.165, 1.54) is 42.5 Å². The van der Waals surface area contributed by atoms with Gasteiger partial charge < -0.3 is 10.1 Å². The number of nitrogens with one attached hydrogen (secondary N) is 3. The Labute approximate surface area is 238 Å². The van der Waals surface area contributed by atoms with Crippen LogP contribution in [0.25, 0.3) is 0 Å². The summed E-state index contributed by atoms with van der Waals surface area (Å²) in [5.74, 6) is 0.0188. The molecule has 0 saturated carbocycles. The van der Waals surface area contributed by atoms with E-state index in [1.807, 2.05) is 19.9 Å². The topological polar surface area (TPSA) is 131 Å². The van der Waals surface area contributed by atoms with Crippen LogP contribution in [0.1, 0.15) is 22.8 Å². The highest BCUT2D eigenvalue weighted by molar-refractivity contribution is 7.93. The van der Waals surface area contributed by atoms with E-state index >= 15 is 0 Å². The molecular formula is C28H26ClN3O6S2. The second kappa shape index (κ2) is 12.0. The van der Waals surface area contributed by atoms with Gasteiger partial charge in [0.1, 0.15) is 10.6 Å². The Bertz CT molecular complexity index is 1740. The highest BCUT2D eigenvalue weighted by atomic mass is 35.5. The highest BCUT2D eigenvalue weighted by Gasteiger charge is 2.21. The number of rotatable bonds is 10. The first-order valence-electron chi connectivity index (χ1n) is 12.0. The van der Waals surface area contributed by atoms with Crippen molar-refractivity contribution in [1.29, 1.82) is 0 Å². The first kappa shape index (κ1) is 28.9. The minimum atomic E-state index is -4.09. The molecule has 0 saturated heterocycles. The number of anilines is 3. The monoisotopic (exact) mass is 599 g/mol. The van der Waals surface area contributed by atoms with E-state index in [-0.39, 0.29) is 20.4 Å². The molecule has 0 spiro atoms. The van der Waals surface area contributed by atoms with Crippen molar-refractivity contribution in [3.05, 3.63) is 107 Å². The molecule has 3 N–H and O–H groups in total. The van der Waals surface area contributed by atoms with Crippen LogP contribution < -0.4 is 19.5 Å². The first-order chi connectivity index (χ1) is 19.0. The number of sulfonamides is 2. The van der Waals surface area contributed by atoms with Gasteiger partial charge in [-0.1, -0.05) is 23.7 Å².